The fraction of sp³-hybridized carbons (Fsp3) is 0.348. The van der Waals surface area contributed by atoms with E-state index in [1.165, 1.54) is 18.2 Å². The number of nitrogens with zero attached hydrogens (tertiary/aromatic N) is 5. The summed E-state index contributed by atoms with van der Waals surface area (Å²) in [4.78, 5) is 53.4. The molecular weight excluding hydrogens is 474 g/mol. The second kappa shape index (κ2) is 10.7. The Morgan fingerprint density at radius 2 is 1.94 bits per heavy atom. The maximum atomic E-state index is 13.9. The lowest BCUT2D eigenvalue weighted by molar-refractivity contribution is 0.0980. The largest absolute Gasteiger partial charge is 0.383 e. The number of aromatic nitrogens is 4. The molecule has 0 unspecified atom stereocenters. The van der Waals surface area contributed by atoms with Gasteiger partial charge < -0.3 is 15.4 Å². The minimum atomic E-state index is -0.796. The summed E-state index contributed by atoms with van der Waals surface area (Å²) in [6, 6.07) is 9.08. The number of methoxy groups -OCH3 is 1. The standard InChI is InChI=1S/C23H26ClN7O4/c1-35-12-11-30-19(25)18(20(32)28-23(30)34)31(14-15-7-3-2-4-8-15)21(33)17-16(24)13-26-22(27-17)29-9-5-6-10-29/h2-4,7-8,13H,5-6,9-12,14,25H2,1H3,(H,28,32,34). The molecular formula is C23H26ClN7O4. The molecule has 3 N–H and O–H groups in total. The van der Waals surface area contributed by atoms with Crippen LogP contribution in [-0.4, -0.2) is 52.2 Å². The van der Waals surface area contributed by atoms with Crippen LogP contribution in [0.4, 0.5) is 17.5 Å². The molecule has 3 heterocycles. The van der Waals surface area contributed by atoms with Crippen molar-refractivity contribution in [1.82, 2.24) is 19.5 Å². The van der Waals surface area contributed by atoms with E-state index in [4.69, 9.17) is 22.1 Å². The summed E-state index contributed by atoms with van der Waals surface area (Å²) in [7, 11) is 1.48. The van der Waals surface area contributed by atoms with Crippen LogP contribution in [0.15, 0.2) is 46.1 Å². The summed E-state index contributed by atoms with van der Waals surface area (Å²) in [5.41, 5.74) is 5.29. The van der Waals surface area contributed by atoms with Gasteiger partial charge in [0.25, 0.3) is 11.5 Å². The molecule has 1 amide bonds. The van der Waals surface area contributed by atoms with Crippen LogP contribution in [0.2, 0.25) is 5.02 Å². The Hall–Kier alpha value is -3.70. The lowest BCUT2D eigenvalue weighted by Gasteiger charge is -2.25. The number of nitrogen functional groups attached to an aromatic ring is 1. The van der Waals surface area contributed by atoms with Gasteiger partial charge in [-0.3, -0.25) is 24.0 Å². The zero-order chi connectivity index (χ0) is 24.9. The Labute approximate surface area is 206 Å². The number of nitrogens with one attached hydrogen (secondary N) is 1. The summed E-state index contributed by atoms with van der Waals surface area (Å²) >= 11 is 6.36. The second-order valence-electron chi connectivity index (χ2n) is 8.08. The van der Waals surface area contributed by atoms with Gasteiger partial charge in [0.05, 0.1) is 30.9 Å². The average Bonchev–Trinajstić information content (AvgIpc) is 3.39. The van der Waals surface area contributed by atoms with Crippen molar-refractivity contribution >= 4 is 35.0 Å². The number of halogens is 1. The molecule has 184 valence electrons. The molecule has 0 spiro atoms. The van der Waals surface area contributed by atoms with E-state index in [-0.39, 0.29) is 41.9 Å². The van der Waals surface area contributed by atoms with Crippen molar-refractivity contribution < 1.29 is 9.53 Å². The number of hydrogen-bond acceptors (Lipinski definition) is 8. The number of carbonyl (C=O) groups is 1. The van der Waals surface area contributed by atoms with Gasteiger partial charge in [0.2, 0.25) is 5.95 Å². The summed E-state index contributed by atoms with van der Waals surface area (Å²) < 4.78 is 6.21. The fourth-order valence-corrected chi connectivity index (χ4v) is 4.14. The number of anilines is 3. The Kier molecular flexibility index (Phi) is 7.47. The van der Waals surface area contributed by atoms with Gasteiger partial charge in [0, 0.05) is 20.2 Å². The van der Waals surface area contributed by atoms with Gasteiger partial charge in [-0.1, -0.05) is 41.9 Å². The van der Waals surface area contributed by atoms with Gasteiger partial charge in [-0.15, -0.1) is 0 Å². The predicted molar refractivity (Wildman–Crippen MR) is 133 cm³/mol. The number of ether oxygens (including phenoxy) is 1. The number of benzene rings is 1. The number of hydrogen-bond donors (Lipinski definition) is 2. The topological polar surface area (TPSA) is 139 Å². The van der Waals surface area contributed by atoms with Crippen LogP contribution in [0, 0.1) is 0 Å². The van der Waals surface area contributed by atoms with Crippen molar-refractivity contribution in [3.8, 4) is 0 Å². The van der Waals surface area contributed by atoms with Crippen molar-refractivity contribution in [3.63, 3.8) is 0 Å². The van der Waals surface area contributed by atoms with E-state index in [0.29, 0.717) is 5.95 Å². The Morgan fingerprint density at radius 1 is 1.23 bits per heavy atom. The molecule has 35 heavy (non-hydrogen) atoms. The van der Waals surface area contributed by atoms with Gasteiger partial charge in [0.1, 0.15) is 5.82 Å². The first-order valence-electron chi connectivity index (χ1n) is 11.2. The minimum Gasteiger partial charge on any atom is -0.383 e. The van der Waals surface area contributed by atoms with Gasteiger partial charge in [-0.25, -0.2) is 14.8 Å². The number of aromatic amines is 1. The monoisotopic (exact) mass is 499 g/mol. The smallest absolute Gasteiger partial charge is 0.330 e. The Bertz CT molecular complexity index is 1320. The van der Waals surface area contributed by atoms with E-state index in [2.05, 4.69) is 15.0 Å². The zero-order valence-corrected chi connectivity index (χ0v) is 20.0. The molecule has 0 bridgehead atoms. The second-order valence-corrected chi connectivity index (χ2v) is 8.48. The molecule has 4 rings (SSSR count). The lowest BCUT2D eigenvalue weighted by Crippen LogP contribution is -2.41. The lowest BCUT2D eigenvalue weighted by atomic mass is 10.2. The van der Waals surface area contributed by atoms with Crippen LogP contribution in [0.25, 0.3) is 0 Å². The maximum Gasteiger partial charge on any atom is 0.330 e. The van der Waals surface area contributed by atoms with E-state index in [9.17, 15) is 14.4 Å². The third kappa shape index (κ3) is 5.20. The Morgan fingerprint density at radius 3 is 2.63 bits per heavy atom. The van der Waals surface area contributed by atoms with Crippen molar-refractivity contribution in [2.75, 3.05) is 42.3 Å². The van der Waals surface area contributed by atoms with Crippen LogP contribution in [0.3, 0.4) is 0 Å². The highest BCUT2D eigenvalue weighted by atomic mass is 35.5. The van der Waals surface area contributed by atoms with Crippen molar-refractivity contribution in [2.24, 2.45) is 0 Å². The normalized spacial score (nSPS) is 13.3. The third-order valence-corrected chi connectivity index (χ3v) is 6.03. The van der Waals surface area contributed by atoms with E-state index >= 15 is 0 Å². The van der Waals surface area contributed by atoms with Gasteiger partial charge >= 0.3 is 5.69 Å². The van der Waals surface area contributed by atoms with Crippen LogP contribution >= 0.6 is 11.6 Å². The number of H-pyrrole nitrogens is 1. The minimum absolute atomic E-state index is 0.00514. The number of rotatable bonds is 8. The number of carbonyl (C=O) groups excluding carboxylic acids is 1. The van der Waals surface area contributed by atoms with Gasteiger partial charge in [-0.05, 0) is 18.4 Å². The van der Waals surface area contributed by atoms with Crippen LogP contribution in [0.1, 0.15) is 28.9 Å². The fourth-order valence-electron chi connectivity index (χ4n) is 3.97. The van der Waals surface area contributed by atoms with E-state index in [1.807, 2.05) is 35.2 Å². The molecule has 2 aromatic heterocycles. The predicted octanol–water partition coefficient (Wildman–Crippen LogP) is 1.66. The molecule has 1 saturated heterocycles. The first-order valence-corrected chi connectivity index (χ1v) is 11.5. The zero-order valence-electron chi connectivity index (χ0n) is 19.2. The Balaban J connectivity index is 1.83. The van der Waals surface area contributed by atoms with Crippen molar-refractivity contribution in [2.45, 2.75) is 25.9 Å². The molecule has 0 saturated carbocycles. The highest BCUT2D eigenvalue weighted by Gasteiger charge is 2.29. The molecule has 12 heteroatoms. The molecule has 0 atom stereocenters. The molecule has 1 aliphatic heterocycles. The number of amides is 1. The molecule has 11 nitrogen and oxygen atoms in total. The summed E-state index contributed by atoms with van der Waals surface area (Å²) in [5.74, 6) is -0.414. The molecule has 3 aromatic rings. The molecule has 0 aliphatic carbocycles. The first-order chi connectivity index (χ1) is 16.9. The van der Waals surface area contributed by atoms with E-state index in [0.717, 1.165) is 36.1 Å². The van der Waals surface area contributed by atoms with E-state index < -0.39 is 17.2 Å². The highest BCUT2D eigenvalue weighted by molar-refractivity contribution is 6.34. The summed E-state index contributed by atoms with van der Waals surface area (Å²) in [6.45, 7) is 1.82. The molecule has 1 aliphatic rings. The quantitative estimate of drug-likeness (QED) is 0.477. The SMILES string of the molecule is COCCn1c(N)c(N(Cc2ccccc2)C(=O)c2nc(N3CCCC3)ncc2Cl)c(=O)[nH]c1=O. The van der Waals surface area contributed by atoms with Gasteiger partial charge in [-0.2, -0.15) is 0 Å². The molecule has 1 aromatic carbocycles. The summed E-state index contributed by atoms with van der Waals surface area (Å²) in [5, 5.41) is 0.0405. The summed E-state index contributed by atoms with van der Waals surface area (Å²) in [6.07, 6.45) is 3.39. The van der Waals surface area contributed by atoms with E-state index in [1.54, 1.807) is 0 Å². The average molecular weight is 500 g/mol. The van der Waals surface area contributed by atoms with Crippen molar-refractivity contribution in [1.29, 1.82) is 0 Å². The highest BCUT2D eigenvalue weighted by Crippen LogP contribution is 2.26. The van der Waals surface area contributed by atoms with Gasteiger partial charge in [0.15, 0.2) is 11.4 Å². The maximum absolute atomic E-state index is 13.9. The first kappa shape index (κ1) is 24.4. The van der Waals surface area contributed by atoms with Crippen LogP contribution in [0.5, 0.6) is 0 Å². The van der Waals surface area contributed by atoms with Crippen LogP contribution in [-0.2, 0) is 17.8 Å². The molecule has 0 radical (unpaired) electrons. The molecule has 1 fully saturated rings. The third-order valence-electron chi connectivity index (χ3n) is 5.75. The number of nitrogens with two attached hydrogens (primary N) is 1. The van der Waals surface area contributed by atoms with Crippen LogP contribution < -0.4 is 26.8 Å². The van der Waals surface area contributed by atoms with Crippen molar-refractivity contribution in [3.05, 3.63) is 73.6 Å².